The third-order valence-corrected chi connectivity index (χ3v) is 9.97. The predicted molar refractivity (Wildman–Crippen MR) is 154 cm³/mol. The number of piperidine rings is 2. The molecule has 3 heterocycles. The zero-order valence-electron chi connectivity index (χ0n) is 23.1. The first-order valence-corrected chi connectivity index (χ1v) is 15.3. The van der Waals surface area contributed by atoms with Gasteiger partial charge in [0.2, 0.25) is 15.9 Å². The van der Waals surface area contributed by atoms with E-state index in [0.717, 1.165) is 36.8 Å². The van der Waals surface area contributed by atoms with E-state index in [1.54, 1.807) is 0 Å². The Morgan fingerprint density at radius 2 is 1.68 bits per heavy atom. The number of hydrogen-bond acceptors (Lipinski definition) is 6. The van der Waals surface area contributed by atoms with E-state index in [1.807, 2.05) is 24.3 Å². The van der Waals surface area contributed by atoms with Crippen LogP contribution >= 0.6 is 0 Å². The molecule has 0 aliphatic carbocycles. The monoisotopic (exact) mass is 584 g/mol. The van der Waals surface area contributed by atoms with Gasteiger partial charge in [0, 0.05) is 55.1 Å². The number of carbonyl (C=O) groups is 1. The Balaban J connectivity index is 1.20. The van der Waals surface area contributed by atoms with Crippen LogP contribution in [0.1, 0.15) is 49.6 Å². The first-order chi connectivity index (χ1) is 19.6. The number of nitrogens with zero attached hydrogens (tertiary/aromatic N) is 3. The lowest BCUT2D eigenvalue weighted by atomic mass is 9.97. The molecule has 0 spiro atoms. The molecule has 5 rings (SSSR count). The average molecular weight is 585 g/mol. The Bertz CT molecular complexity index is 1520. The van der Waals surface area contributed by atoms with Crippen molar-refractivity contribution in [3.05, 3.63) is 71.1 Å². The van der Waals surface area contributed by atoms with Crippen LogP contribution in [-0.4, -0.2) is 50.0 Å². The van der Waals surface area contributed by atoms with Crippen LogP contribution in [0.25, 0.3) is 12.2 Å². The van der Waals surface area contributed by atoms with Crippen LogP contribution in [0.15, 0.2) is 51.9 Å². The number of amides is 1. The first kappa shape index (κ1) is 28.9. The Morgan fingerprint density at radius 3 is 2.34 bits per heavy atom. The van der Waals surface area contributed by atoms with Gasteiger partial charge in [-0.3, -0.25) is 4.79 Å². The summed E-state index contributed by atoms with van der Waals surface area (Å²) in [4.78, 5) is 15.2. The second kappa shape index (κ2) is 12.1. The average Bonchev–Trinajstić information content (AvgIpc) is 3.34. The molecule has 1 aromatic heterocycles. The molecule has 1 amide bonds. The summed E-state index contributed by atoms with van der Waals surface area (Å²) in [7, 11) is -3.99. The maximum Gasteiger partial charge on any atom is 0.248 e. The molecule has 2 saturated heterocycles. The van der Waals surface area contributed by atoms with Gasteiger partial charge in [-0.25, -0.2) is 17.2 Å². The van der Waals surface area contributed by atoms with Gasteiger partial charge in [0.1, 0.15) is 17.3 Å². The summed E-state index contributed by atoms with van der Waals surface area (Å²) in [6.45, 7) is 6.19. The van der Waals surface area contributed by atoms with Crippen molar-refractivity contribution < 1.29 is 26.5 Å². The standard InChI is InChI=1S/C30H34F2N4O4S/c1-20-11-15-35(16-12-20)26-8-6-25(7-9-26)33-30(37)23-13-17-36(18-14-23)41(38,39)29-21(2)34-40-28(29)10-4-22-3-5-24(31)19-27(22)32/h3-10,19-20,23H,11-18H2,1-2H3,(H,33,37)/b10-4+. The van der Waals surface area contributed by atoms with Gasteiger partial charge < -0.3 is 14.7 Å². The van der Waals surface area contributed by atoms with Crippen LogP contribution in [0.3, 0.4) is 0 Å². The van der Waals surface area contributed by atoms with Gasteiger partial charge in [-0.2, -0.15) is 4.31 Å². The summed E-state index contributed by atoms with van der Waals surface area (Å²) in [6.07, 6.45) is 5.70. The molecule has 0 atom stereocenters. The number of anilines is 2. The molecule has 8 nitrogen and oxygen atoms in total. The molecule has 41 heavy (non-hydrogen) atoms. The van der Waals surface area contributed by atoms with Gasteiger partial charge in [0.25, 0.3) is 0 Å². The molecular formula is C30H34F2N4O4S. The summed E-state index contributed by atoms with van der Waals surface area (Å²) in [5.41, 5.74) is 2.11. The van der Waals surface area contributed by atoms with E-state index in [2.05, 4.69) is 22.3 Å². The van der Waals surface area contributed by atoms with Crippen molar-refractivity contribution >= 4 is 39.5 Å². The molecule has 3 aromatic rings. The number of aromatic nitrogens is 1. The van der Waals surface area contributed by atoms with Crippen molar-refractivity contribution in [3.63, 3.8) is 0 Å². The minimum atomic E-state index is -3.99. The van der Waals surface area contributed by atoms with E-state index in [9.17, 15) is 22.0 Å². The summed E-state index contributed by atoms with van der Waals surface area (Å²) in [5.74, 6) is -1.24. The maximum absolute atomic E-state index is 14.0. The molecule has 1 N–H and O–H groups in total. The Kier molecular flexibility index (Phi) is 8.55. The molecule has 2 aliphatic rings. The number of aryl methyl sites for hydroxylation is 1. The van der Waals surface area contributed by atoms with Gasteiger partial charge >= 0.3 is 0 Å². The quantitative estimate of drug-likeness (QED) is 0.383. The van der Waals surface area contributed by atoms with Crippen molar-refractivity contribution in [3.8, 4) is 0 Å². The Morgan fingerprint density at radius 1 is 1.00 bits per heavy atom. The highest BCUT2D eigenvalue weighted by Gasteiger charge is 2.36. The van der Waals surface area contributed by atoms with Gasteiger partial charge in [0.15, 0.2) is 10.7 Å². The Labute approximate surface area is 239 Å². The summed E-state index contributed by atoms with van der Waals surface area (Å²) in [6, 6.07) is 11.0. The zero-order valence-corrected chi connectivity index (χ0v) is 24.0. The maximum atomic E-state index is 14.0. The minimum Gasteiger partial charge on any atom is -0.372 e. The van der Waals surface area contributed by atoms with Crippen LogP contribution < -0.4 is 10.2 Å². The SMILES string of the molecule is Cc1noc(/C=C/c2ccc(F)cc2F)c1S(=O)(=O)N1CCC(C(=O)Nc2ccc(N3CCC(C)CC3)cc2)CC1. The highest BCUT2D eigenvalue weighted by atomic mass is 32.2. The lowest BCUT2D eigenvalue weighted by molar-refractivity contribution is -0.120. The van der Waals surface area contributed by atoms with Crippen molar-refractivity contribution in [2.24, 2.45) is 11.8 Å². The van der Waals surface area contributed by atoms with Gasteiger partial charge in [-0.1, -0.05) is 12.1 Å². The molecule has 0 radical (unpaired) electrons. The highest BCUT2D eigenvalue weighted by molar-refractivity contribution is 7.89. The van der Waals surface area contributed by atoms with Crippen LogP contribution in [0.5, 0.6) is 0 Å². The molecule has 0 bridgehead atoms. The largest absolute Gasteiger partial charge is 0.372 e. The number of nitrogens with one attached hydrogen (secondary N) is 1. The van der Waals surface area contributed by atoms with Crippen molar-refractivity contribution in [2.75, 3.05) is 36.4 Å². The Hall–Kier alpha value is -3.57. The van der Waals surface area contributed by atoms with Crippen molar-refractivity contribution in [1.82, 2.24) is 9.46 Å². The lowest BCUT2D eigenvalue weighted by Crippen LogP contribution is -2.41. The van der Waals surface area contributed by atoms with E-state index in [-0.39, 0.29) is 46.8 Å². The topological polar surface area (TPSA) is 95.8 Å². The fourth-order valence-corrected chi connectivity index (χ4v) is 7.07. The van der Waals surface area contributed by atoms with Crippen LogP contribution in [0.2, 0.25) is 0 Å². The smallest absolute Gasteiger partial charge is 0.248 e. The molecule has 0 unspecified atom stereocenters. The summed E-state index contributed by atoms with van der Waals surface area (Å²) in [5, 5.41) is 6.78. The lowest BCUT2D eigenvalue weighted by Gasteiger charge is -2.32. The molecule has 218 valence electrons. The number of rotatable bonds is 7. The third-order valence-electron chi connectivity index (χ3n) is 7.92. The normalized spacial score (nSPS) is 17.8. The zero-order chi connectivity index (χ0) is 29.1. The molecule has 2 aliphatic heterocycles. The fraction of sp³-hybridized carbons (Fsp3) is 0.400. The van der Waals surface area contributed by atoms with Crippen molar-refractivity contribution in [2.45, 2.75) is 44.4 Å². The fourth-order valence-electron chi connectivity index (χ4n) is 5.36. The van der Waals surface area contributed by atoms with E-state index in [1.165, 1.54) is 42.3 Å². The van der Waals surface area contributed by atoms with E-state index in [4.69, 9.17) is 4.52 Å². The number of carbonyl (C=O) groups excluding carboxylic acids is 1. The first-order valence-electron chi connectivity index (χ1n) is 13.9. The molecular weight excluding hydrogens is 550 g/mol. The number of halogens is 2. The van der Waals surface area contributed by atoms with E-state index < -0.39 is 21.7 Å². The number of hydrogen-bond donors (Lipinski definition) is 1. The van der Waals surface area contributed by atoms with Crippen LogP contribution in [0, 0.1) is 30.4 Å². The number of benzene rings is 2. The van der Waals surface area contributed by atoms with Gasteiger partial charge in [-0.05, 0) is 87.1 Å². The number of sulfonamides is 1. The second-order valence-corrected chi connectivity index (χ2v) is 12.7. The molecule has 2 fully saturated rings. The van der Waals surface area contributed by atoms with E-state index in [0.29, 0.717) is 18.5 Å². The third kappa shape index (κ3) is 6.51. The van der Waals surface area contributed by atoms with Crippen LogP contribution in [-0.2, 0) is 14.8 Å². The second-order valence-electron chi connectivity index (χ2n) is 10.8. The molecule has 0 saturated carbocycles. The molecule has 2 aromatic carbocycles. The highest BCUT2D eigenvalue weighted by Crippen LogP contribution is 2.30. The van der Waals surface area contributed by atoms with Gasteiger partial charge in [-0.15, -0.1) is 0 Å². The van der Waals surface area contributed by atoms with Crippen LogP contribution in [0.4, 0.5) is 20.2 Å². The van der Waals surface area contributed by atoms with Gasteiger partial charge in [0.05, 0.1) is 0 Å². The van der Waals surface area contributed by atoms with E-state index >= 15 is 0 Å². The minimum absolute atomic E-state index is 0.0476. The summed E-state index contributed by atoms with van der Waals surface area (Å²) >= 11 is 0. The predicted octanol–water partition coefficient (Wildman–Crippen LogP) is 5.71. The molecule has 11 heteroatoms. The van der Waals surface area contributed by atoms with Crippen molar-refractivity contribution in [1.29, 1.82) is 0 Å². The summed E-state index contributed by atoms with van der Waals surface area (Å²) < 4.78 is 60.8.